The lowest BCUT2D eigenvalue weighted by Gasteiger charge is -2.51. The van der Waals surface area contributed by atoms with Crippen molar-refractivity contribution in [2.24, 2.45) is 0 Å². The number of nitrogens with one attached hydrogen (secondary N) is 2. The van der Waals surface area contributed by atoms with Gasteiger partial charge in [0.05, 0.1) is 38.1 Å². The van der Waals surface area contributed by atoms with Gasteiger partial charge in [-0.1, -0.05) is 0 Å². The van der Waals surface area contributed by atoms with Crippen molar-refractivity contribution in [3.05, 3.63) is 0 Å². The lowest BCUT2D eigenvalue weighted by atomic mass is 9.88. The van der Waals surface area contributed by atoms with Gasteiger partial charge in [0, 0.05) is 27.4 Å². The van der Waals surface area contributed by atoms with E-state index in [-0.39, 0.29) is 0 Å². The van der Waals surface area contributed by atoms with Gasteiger partial charge in [-0.25, -0.2) is 4.79 Å². The van der Waals surface area contributed by atoms with Crippen LogP contribution in [0.5, 0.6) is 0 Å². The van der Waals surface area contributed by atoms with Gasteiger partial charge in [0.15, 0.2) is 18.9 Å². The monoisotopic (exact) mass is 834 g/mol. The molecule has 0 spiro atoms. The molecule has 330 valence electrons. The summed E-state index contributed by atoms with van der Waals surface area (Å²) in [6, 6.07) is -2.98. The van der Waals surface area contributed by atoms with E-state index in [0.29, 0.717) is 0 Å². The molecule has 0 aromatic carbocycles. The molecule has 0 aromatic rings. The van der Waals surface area contributed by atoms with Gasteiger partial charge in [-0.15, -0.1) is 0 Å². The second kappa shape index (κ2) is 19.8. The molecule has 4 saturated heterocycles. The van der Waals surface area contributed by atoms with Gasteiger partial charge < -0.3 is 110 Å². The van der Waals surface area contributed by atoms with Gasteiger partial charge in [0.25, 0.3) is 5.79 Å². The van der Waals surface area contributed by atoms with E-state index in [0.717, 1.165) is 13.8 Å². The van der Waals surface area contributed by atoms with Crippen LogP contribution in [0.25, 0.3) is 0 Å². The molecule has 25 nitrogen and oxygen atoms in total. The van der Waals surface area contributed by atoms with Crippen molar-refractivity contribution >= 4 is 17.8 Å². The lowest BCUT2D eigenvalue weighted by molar-refractivity contribution is -0.390. The van der Waals surface area contributed by atoms with Crippen molar-refractivity contribution in [3.8, 4) is 0 Å². The molecule has 0 radical (unpaired) electrons. The third-order valence-electron chi connectivity index (χ3n) is 10.2. The number of aliphatic hydroxyl groups excluding tert-OH is 11. The minimum absolute atomic E-state index is 0.676. The van der Waals surface area contributed by atoms with Crippen molar-refractivity contribution in [2.45, 2.75) is 155 Å². The van der Waals surface area contributed by atoms with Crippen LogP contribution in [0.2, 0.25) is 0 Å². The minimum atomic E-state index is -3.10. The van der Waals surface area contributed by atoms with E-state index in [1.807, 2.05) is 0 Å². The topological polar surface area (TPSA) is 392 Å². The van der Waals surface area contributed by atoms with E-state index in [1.165, 1.54) is 14.0 Å². The van der Waals surface area contributed by atoms with Crippen LogP contribution in [0, 0.1) is 0 Å². The molecule has 57 heavy (non-hydrogen) atoms. The van der Waals surface area contributed by atoms with E-state index in [2.05, 4.69) is 10.6 Å². The molecule has 0 bridgehead atoms. The number of carbonyl (C=O) groups is 3. The number of hydrogen-bond donors (Lipinski definition) is 14. The summed E-state index contributed by atoms with van der Waals surface area (Å²) >= 11 is 0. The molecule has 14 N–H and O–H groups in total. The summed E-state index contributed by atoms with van der Waals surface area (Å²) < 4.78 is 45.8. The van der Waals surface area contributed by atoms with E-state index in [1.54, 1.807) is 0 Å². The Balaban J connectivity index is 1.72. The van der Waals surface area contributed by atoms with Crippen molar-refractivity contribution in [2.75, 3.05) is 26.9 Å². The maximum Gasteiger partial charge on any atom is 0.364 e. The molecule has 4 heterocycles. The first-order valence-electron chi connectivity index (χ1n) is 18.0. The highest BCUT2D eigenvalue weighted by Crippen LogP contribution is 2.39. The molecule has 4 fully saturated rings. The molecular formula is C32H54N2O23. The van der Waals surface area contributed by atoms with Crippen LogP contribution >= 0.6 is 0 Å². The SMILES string of the molecule is CO[C@@H]1O[C@H](CO)[C@@H](O[C@@H]2O[C@H](CO)[C@H](O)[C@H](O[C@]3(C(=O)O)C[C@H](O)[C@@H](NC(C)=O)[C@H]([C@H](O)[C@H](O)CO)O3)[C@H]2O)[C@H](O[C@@H]2O[C@@H](C)[C@@H](O)[C@@H](O)[C@@H]2O)[C@H]1NC(C)=O. The second-order valence-electron chi connectivity index (χ2n) is 14.2. The fraction of sp³-hybridized carbons (Fsp3) is 0.906. The van der Waals surface area contributed by atoms with Crippen LogP contribution in [-0.2, 0) is 52.3 Å². The molecule has 25 heteroatoms. The van der Waals surface area contributed by atoms with Gasteiger partial charge in [-0.3, -0.25) is 9.59 Å². The highest BCUT2D eigenvalue weighted by atomic mass is 16.8. The number of methoxy groups -OCH3 is 1. The zero-order valence-corrected chi connectivity index (χ0v) is 31.2. The smallest absolute Gasteiger partial charge is 0.364 e. The average Bonchev–Trinajstić information content (AvgIpc) is 3.16. The molecule has 2 amide bonds. The Kier molecular flexibility index (Phi) is 16.4. The summed E-state index contributed by atoms with van der Waals surface area (Å²) in [7, 11) is 1.18. The Bertz CT molecular complexity index is 1350. The number of aliphatic carboxylic acids is 1. The molecule has 0 aromatic heterocycles. The summed E-state index contributed by atoms with van der Waals surface area (Å²) in [5, 5.41) is 132. The van der Waals surface area contributed by atoms with Gasteiger partial charge in [-0.2, -0.15) is 0 Å². The maximum absolute atomic E-state index is 12.9. The largest absolute Gasteiger partial charge is 0.477 e. The Morgan fingerprint density at radius 3 is 1.84 bits per heavy atom. The average molecular weight is 835 g/mol. The van der Waals surface area contributed by atoms with Crippen LogP contribution in [0.15, 0.2) is 0 Å². The van der Waals surface area contributed by atoms with Gasteiger partial charge >= 0.3 is 5.97 Å². The predicted octanol–water partition coefficient (Wildman–Crippen LogP) is -8.57. The summed E-state index contributed by atoms with van der Waals surface area (Å²) in [5.41, 5.74) is 0. The van der Waals surface area contributed by atoms with E-state index in [4.69, 9.17) is 37.9 Å². The third kappa shape index (κ3) is 10.2. The summed E-state index contributed by atoms with van der Waals surface area (Å²) in [6.45, 7) is 0.506. The molecule has 0 unspecified atom stereocenters. The Morgan fingerprint density at radius 2 is 1.30 bits per heavy atom. The zero-order valence-electron chi connectivity index (χ0n) is 31.2. The first-order valence-corrected chi connectivity index (χ1v) is 18.0. The number of ether oxygens (including phenoxy) is 8. The van der Waals surface area contributed by atoms with Crippen molar-refractivity contribution in [1.29, 1.82) is 0 Å². The highest BCUT2D eigenvalue weighted by molar-refractivity contribution is 5.76. The highest BCUT2D eigenvalue weighted by Gasteiger charge is 2.60. The van der Waals surface area contributed by atoms with Gasteiger partial charge in [0.2, 0.25) is 11.8 Å². The minimum Gasteiger partial charge on any atom is -0.477 e. The van der Waals surface area contributed by atoms with Crippen LogP contribution < -0.4 is 10.6 Å². The fourth-order valence-corrected chi connectivity index (χ4v) is 7.18. The Hall–Kier alpha value is -2.35. The number of carboxylic acids is 1. The zero-order chi connectivity index (χ0) is 42.7. The van der Waals surface area contributed by atoms with Crippen molar-refractivity contribution < 1.29 is 114 Å². The summed E-state index contributed by atoms with van der Waals surface area (Å²) in [6.07, 6.45) is -33.9. The molecule has 4 aliphatic rings. The summed E-state index contributed by atoms with van der Waals surface area (Å²) in [5.74, 6) is -6.56. The first kappa shape index (κ1) is 47.3. The quantitative estimate of drug-likeness (QED) is 0.0728. The Labute approximate surface area is 324 Å². The van der Waals surface area contributed by atoms with Crippen LogP contribution in [0.3, 0.4) is 0 Å². The molecule has 4 rings (SSSR count). The van der Waals surface area contributed by atoms with E-state index < -0.39 is 172 Å². The van der Waals surface area contributed by atoms with Crippen LogP contribution in [0.1, 0.15) is 27.2 Å². The molecule has 21 atom stereocenters. The van der Waals surface area contributed by atoms with Crippen molar-refractivity contribution in [3.63, 3.8) is 0 Å². The normalized spacial score (nSPS) is 45.1. The Morgan fingerprint density at radius 1 is 0.737 bits per heavy atom. The standard InChI is InChI=1S/C32H54N2O23/c1-9-18(42)21(45)22(46)29(51-9)55-26-17(34-11(3)39)28(50-4)53-15(8-37)24(26)54-30-23(47)27(20(44)14(7-36)52-30)57-32(31(48)49)5-12(40)16(33-10(2)38)25(56-32)19(43)13(41)6-35/h9,12-30,35-37,40-47H,5-8H2,1-4H3,(H,33,38)(H,34,39)(H,48,49)/t9-,12-,13+,14+,15+,16+,17+,18+,19+,20-,21+,22-,23+,24+,25+,26+,27-,28+,29-,30-,32-/m0/s1. The van der Waals surface area contributed by atoms with Crippen molar-refractivity contribution in [1.82, 2.24) is 10.6 Å². The second-order valence-corrected chi connectivity index (χ2v) is 14.2. The maximum atomic E-state index is 12.9. The number of carbonyl (C=O) groups excluding carboxylic acids is 2. The number of amides is 2. The molecule has 0 aliphatic carbocycles. The van der Waals surface area contributed by atoms with Crippen LogP contribution in [0.4, 0.5) is 0 Å². The molecule has 4 aliphatic heterocycles. The number of aliphatic hydroxyl groups is 11. The number of carboxylic acid groups (broad SMARTS) is 1. The lowest BCUT2D eigenvalue weighted by Crippen LogP contribution is -2.71. The van der Waals surface area contributed by atoms with Gasteiger partial charge in [-0.05, 0) is 6.92 Å². The molecular weight excluding hydrogens is 780 g/mol. The van der Waals surface area contributed by atoms with Gasteiger partial charge in [0.1, 0.15) is 85.4 Å². The first-order chi connectivity index (χ1) is 26.7. The third-order valence-corrected chi connectivity index (χ3v) is 10.2. The number of hydrogen-bond acceptors (Lipinski definition) is 22. The van der Waals surface area contributed by atoms with E-state index >= 15 is 0 Å². The van der Waals surface area contributed by atoms with Crippen LogP contribution in [-0.4, -0.2) is 234 Å². The number of rotatable bonds is 15. The van der Waals surface area contributed by atoms with E-state index in [9.17, 15) is 75.7 Å². The molecule has 0 saturated carbocycles. The predicted molar refractivity (Wildman–Crippen MR) is 178 cm³/mol. The summed E-state index contributed by atoms with van der Waals surface area (Å²) in [4.78, 5) is 37.2. The fourth-order valence-electron chi connectivity index (χ4n) is 7.18.